The molecule has 3 aliphatic rings. The third-order valence-corrected chi connectivity index (χ3v) is 7.70. The summed E-state index contributed by atoms with van der Waals surface area (Å²) in [4.78, 5) is 62.8. The number of nitrogens with one attached hydrogen (secondary N) is 2. The van der Waals surface area contributed by atoms with Gasteiger partial charge in [-0.05, 0) is 49.8 Å². The van der Waals surface area contributed by atoms with Crippen molar-refractivity contribution in [3.05, 3.63) is 65.9 Å². The van der Waals surface area contributed by atoms with Crippen LogP contribution in [0.3, 0.4) is 0 Å². The molecular formula is C28H28N10O3. The molecule has 13 nitrogen and oxygen atoms in total. The Labute approximate surface area is 235 Å². The largest absolute Gasteiger partial charge is 0.354 e. The first kappa shape index (κ1) is 25.1. The van der Waals surface area contributed by atoms with Crippen LogP contribution < -0.4 is 20.4 Å². The Bertz CT molecular complexity index is 1710. The number of rotatable bonds is 8. The molecule has 0 bridgehead atoms. The first-order valence-corrected chi connectivity index (χ1v) is 13.6. The highest BCUT2D eigenvalue weighted by Crippen LogP contribution is 2.46. The smallest absolute Gasteiger partial charge is 0.329 e. The van der Waals surface area contributed by atoms with Crippen LogP contribution in [0.1, 0.15) is 53.9 Å². The molecule has 1 saturated heterocycles. The van der Waals surface area contributed by atoms with E-state index in [0.29, 0.717) is 47.7 Å². The maximum absolute atomic E-state index is 12.9. The normalized spacial score (nSPS) is 19.9. The highest BCUT2D eigenvalue weighted by atomic mass is 16.2. The van der Waals surface area contributed by atoms with Crippen LogP contribution in [0.2, 0.25) is 0 Å². The summed E-state index contributed by atoms with van der Waals surface area (Å²) >= 11 is 0. The van der Waals surface area contributed by atoms with Gasteiger partial charge in [-0.3, -0.25) is 19.8 Å². The number of imide groups is 1. The lowest BCUT2D eigenvalue weighted by molar-refractivity contribution is -0.118. The number of nitrogens with zero attached hydrogens (tertiary/aromatic N) is 8. The van der Waals surface area contributed by atoms with Gasteiger partial charge < -0.3 is 14.6 Å². The molecule has 4 aromatic rings. The fraction of sp³-hybridized carbons (Fsp3) is 0.357. The lowest BCUT2D eigenvalue weighted by atomic mass is 10.1. The second kappa shape index (κ2) is 9.61. The topological polar surface area (TPSA) is 151 Å². The number of imidazole rings is 1. The highest BCUT2D eigenvalue weighted by molar-refractivity contribution is 6.13. The lowest BCUT2D eigenvalue weighted by Gasteiger charge is -2.17. The minimum atomic E-state index is -0.439. The van der Waals surface area contributed by atoms with Gasteiger partial charge in [-0.1, -0.05) is 0 Å². The van der Waals surface area contributed by atoms with Crippen LogP contribution in [0.5, 0.6) is 0 Å². The molecule has 2 unspecified atom stereocenters. The zero-order chi connectivity index (χ0) is 28.2. The van der Waals surface area contributed by atoms with Crippen molar-refractivity contribution in [3.8, 4) is 0 Å². The van der Waals surface area contributed by atoms with Crippen molar-refractivity contribution in [2.75, 3.05) is 28.7 Å². The van der Waals surface area contributed by atoms with Crippen LogP contribution in [0.15, 0.2) is 43.1 Å². The van der Waals surface area contributed by atoms with Gasteiger partial charge in [0, 0.05) is 49.2 Å². The summed E-state index contributed by atoms with van der Waals surface area (Å²) in [5.41, 5.74) is 3.99. The molecule has 2 aliphatic carbocycles. The van der Waals surface area contributed by atoms with E-state index in [2.05, 4.69) is 30.6 Å². The lowest BCUT2D eigenvalue weighted by Crippen LogP contribution is -2.28. The van der Waals surface area contributed by atoms with E-state index in [1.54, 1.807) is 12.3 Å². The number of aromatic nitrogens is 6. The van der Waals surface area contributed by atoms with Crippen LogP contribution in [0.25, 0.3) is 5.65 Å². The SMILES string of the molecule is Cc1ccnc(C2CC2C(=O)Nc2cc(N(C)Cc3cn4cc(C5CC5)cc(N5CC(=O)NC5=O)c4n3)ncn2)n1. The van der Waals surface area contributed by atoms with Crippen molar-refractivity contribution in [2.45, 2.75) is 44.6 Å². The highest BCUT2D eigenvalue weighted by Gasteiger charge is 2.46. The molecule has 7 rings (SSSR count). The number of fused-ring (bicyclic) bond motifs is 1. The van der Waals surface area contributed by atoms with Crippen LogP contribution in [-0.4, -0.2) is 60.8 Å². The van der Waals surface area contributed by atoms with E-state index in [9.17, 15) is 14.4 Å². The van der Waals surface area contributed by atoms with Crippen molar-refractivity contribution in [2.24, 2.45) is 5.92 Å². The quantitative estimate of drug-likeness (QED) is 0.314. The second-order valence-electron chi connectivity index (χ2n) is 10.9. The number of hydrogen-bond acceptors (Lipinski definition) is 9. The summed E-state index contributed by atoms with van der Waals surface area (Å²) in [7, 11) is 1.88. The third-order valence-electron chi connectivity index (χ3n) is 7.70. The van der Waals surface area contributed by atoms with E-state index < -0.39 is 6.03 Å². The average Bonchev–Trinajstić information content (AvgIpc) is 3.87. The number of pyridine rings is 1. The van der Waals surface area contributed by atoms with Gasteiger partial charge >= 0.3 is 6.03 Å². The van der Waals surface area contributed by atoms with Crippen molar-refractivity contribution < 1.29 is 14.4 Å². The van der Waals surface area contributed by atoms with Crippen molar-refractivity contribution in [1.29, 1.82) is 0 Å². The average molecular weight is 553 g/mol. The number of anilines is 3. The minimum absolute atomic E-state index is 0.0176. The Balaban J connectivity index is 1.07. The molecule has 2 saturated carbocycles. The molecule has 4 aromatic heterocycles. The molecule has 208 valence electrons. The number of urea groups is 1. The fourth-order valence-electron chi connectivity index (χ4n) is 5.29. The molecule has 0 aromatic carbocycles. The third kappa shape index (κ3) is 4.94. The molecule has 2 atom stereocenters. The first-order valence-electron chi connectivity index (χ1n) is 13.6. The van der Waals surface area contributed by atoms with Crippen LogP contribution in [-0.2, 0) is 16.1 Å². The van der Waals surface area contributed by atoms with Crippen LogP contribution >= 0.6 is 0 Å². The van der Waals surface area contributed by atoms with Gasteiger partial charge in [-0.15, -0.1) is 0 Å². The van der Waals surface area contributed by atoms with Gasteiger partial charge in [-0.25, -0.2) is 29.7 Å². The number of carbonyl (C=O) groups excluding carboxylic acids is 3. The van der Waals surface area contributed by atoms with E-state index >= 15 is 0 Å². The molecule has 41 heavy (non-hydrogen) atoms. The summed E-state index contributed by atoms with van der Waals surface area (Å²) in [6.45, 7) is 2.30. The molecule has 3 fully saturated rings. The molecule has 2 N–H and O–H groups in total. The van der Waals surface area contributed by atoms with Gasteiger partial charge in [0.15, 0.2) is 5.65 Å². The standard InChI is InChI=1S/C28H28N10O3/c1-15-5-6-29-25(32-15)19-8-20(19)27(40)34-22-9-23(31-14-30-22)36(2)11-18-12-37-10-17(16-3-4-16)7-21(26(37)33-18)38-13-24(39)35-28(38)41/h5-7,9-10,12,14,16,19-20H,3-4,8,11,13H2,1-2H3,(H,35,39,41)(H,30,31,34,40). The fourth-order valence-corrected chi connectivity index (χ4v) is 5.29. The molecule has 0 spiro atoms. The summed E-state index contributed by atoms with van der Waals surface area (Å²) in [5.74, 6) is 1.57. The van der Waals surface area contributed by atoms with E-state index in [4.69, 9.17) is 4.98 Å². The summed E-state index contributed by atoms with van der Waals surface area (Å²) in [6, 6.07) is 5.10. The maximum atomic E-state index is 12.9. The van der Waals surface area contributed by atoms with Crippen molar-refractivity contribution in [1.82, 2.24) is 34.6 Å². The molecular weight excluding hydrogens is 524 g/mol. The molecule has 4 amide bonds. The Morgan fingerprint density at radius 2 is 2.00 bits per heavy atom. The van der Waals surface area contributed by atoms with Crippen molar-refractivity contribution >= 4 is 40.8 Å². The first-order chi connectivity index (χ1) is 19.8. The maximum Gasteiger partial charge on any atom is 0.329 e. The van der Waals surface area contributed by atoms with Gasteiger partial charge in [0.2, 0.25) is 11.8 Å². The van der Waals surface area contributed by atoms with E-state index in [1.165, 1.54) is 11.2 Å². The van der Waals surface area contributed by atoms with Gasteiger partial charge in [0.05, 0.1) is 17.9 Å². The second-order valence-corrected chi connectivity index (χ2v) is 10.9. The monoisotopic (exact) mass is 552 g/mol. The summed E-state index contributed by atoms with van der Waals surface area (Å²) in [6.07, 6.45) is 10.0. The molecule has 0 radical (unpaired) electrons. The Hall–Kier alpha value is -4.94. The number of amides is 4. The Morgan fingerprint density at radius 1 is 1.15 bits per heavy atom. The summed E-state index contributed by atoms with van der Waals surface area (Å²) in [5, 5.41) is 5.25. The van der Waals surface area contributed by atoms with Crippen LogP contribution in [0.4, 0.5) is 22.1 Å². The minimum Gasteiger partial charge on any atom is -0.354 e. The summed E-state index contributed by atoms with van der Waals surface area (Å²) < 4.78 is 1.93. The van der Waals surface area contributed by atoms with Gasteiger partial charge in [0.25, 0.3) is 0 Å². The molecule has 1 aliphatic heterocycles. The van der Waals surface area contributed by atoms with Crippen molar-refractivity contribution in [3.63, 3.8) is 0 Å². The van der Waals surface area contributed by atoms with Crippen LogP contribution in [0, 0.1) is 12.8 Å². The Morgan fingerprint density at radius 3 is 2.76 bits per heavy atom. The number of aryl methyl sites for hydroxylation is 1. The zero-order valence-electron chi connectivity index (χ0n) is 22.6. The number of carbonyl (C=O) groups is 3. The van der Waals surface area contributed by atoms with Gasteiger partial charge in [-0.2, -0.15) is 0 Å². The van der Waals surface area contributed by atoms with E-state index in [1.807, 2.05) is 47.8 Å². The Kier molecular flexibility index (Phi) is 5.87. The predicted molar refractivity (Wildman–Crippen MR) is 148 cm³/mol. The molecule has 13 heteroatoms. The number of hydrogen-bond donors (Lipinski definition) is 2. The molecule has 5 heterocycles. The van der Waals surface area contributed by atoms with E-state index in [0.717, 1.165) is 29.8 Å². The predicted octanol–water partition coefficient (Wildman–Crippen LogP) is 2.53. The van der Waals surface area contributed by atoms with E-state index in [-0.39, 0.29) is 30.2 Å². The van der Waals surface area contributed by atoms with Gasteiger partial charge in [0.1, 0.15) is 30.3 Å². The zero-order valence-corrected chi connectivity index (χ0v) is 22.6.